The lowest BCUT2D eigenvalue weighted by atomic mass is 10.2. The minimum Gasteiger partial charge on any atom is -0.353 e. The van der Waals surface area contributed by atoms with E-state index in [1.807, 2.05) is 11.8 Å². The molecule has 7 heteroatoms. The van der Waals surface area contributed by atoms with Crippen LogP contribution in [0.3, 0.4) is 0 Å². The molecule has 1 amide bonds. The van der Waals surface area contributed by atoms with Crippen LogP contribution in [0.25, 0.3) is 0 Å². The number of pyridine rings is 1. The first-order valence-corrected chi connectivity index (χ1v) is 6.98. The SMILES string of the molecule is CCCC(=O)N1CCN(c2ccc(C(F)(F)F)cn2)CC1. The molecule has 1 fully saturated rings. The number of halogens is 3. The molecular weight excluding hydrogens is 283 g/mol. The van der Waals surface area contributed by atoms with Crippen molar-refractivity contribution in [2.75, 3.05) is 31.1 Å². The van der Waals surface area contributed by atoms with Gasteiger partial charge in [-0.2, -0.15) is 13.2 Å². The van der Waals surface area contributed by atoms with Gasteiger partial charge in [-0.05, 0) is 18.6 Å². The number of piperazine rings is 1. The maximum Gasteiger partial charge on any atom is 0.417 e. The Morgan fingerprint density at radius 1 is 1.24 bits per heavy atom. The summed E-state index contributed by atoms with van der Waals surface area (Å²) >= 11 is 0. The Morgan fingerprint density at radius 3 is 2.38 bits per heavy atom. The third-order valence-corrected chi connectivity index (χ3v) is 3.50. The van der Waals surface area contributed by atoms with E-state index in [1.165, 1.54) is 6.07 Å². The quantitative estimate of drug-likeness (QED) is 0.861. The smallest absolute Gasteiger partial charge is 0.353 e. The summed E-state index contributed by atoms with van der Waals surface area (Å²) < 4.78 is 37.4. The molecule has 0 radical (unpaired) electrons. The molecule has 0 unspecified atom stereocenters. The fourth-order valence-corrected chi connectivity index (χ4v) is 2.30. The number of anilines is 1. The second kappa shape index (κ2) is 6.32. The fraction of sp³-hybridized carbons (Fsp3) is 0.571. The maximum absolute atomic E-state index is 12.5. The predicted molar refractivity (Wildman–Crippen MR) is 72.9 cm³/mol. The molecule has 1 saturated heterocycles. The average Bonchev–Trinajstić information content (AvgIpc) is 2.47. The van der Waals surface area contributed by atoms with Gasteiger partial charge in [-0.15, -0.1) is 0 Å². The van der Waals surface area contributed by atoms with E-state index in [0.29, 0.717) is 38.4 Å². The average molecular weight is 301 g/mol. The summed E-state index contributed by atoms with van der Waals surface area (Å²) in [6, 6.07) is 2.42. The van der Waals surface area contributed by atoms with Crippen LogP contribution in [0.4, 0.5) is 19.0 Å². The zero-order valence-corrected chi connectivity index (χ0v) is 11.9. The second-order valence-electron chi connectivity index (χ2n) is 5.02. The number of alkyl halides is 3. The molecule has 1 aromatic rings. The number of carbonyl (C=O) groups excluding carboxylic acids is 1. The lowest BCUT2D eigenvalue weighted by Crippen LogP contribution is -2.49. The van der Waals surface area contributed by atoms with Gasteiger partial charge in [-0.1, -0.05) is 6.92 Å². The largest absolute Gasteiger partial charge is 0.417 e. The van der Waals surface area contributed by atoms with Crippen LogP contribution in [0.2, 0.25) is 0 Å². The highest BCUT2D eigenvalue weighted by atomic mass is 19.4. The molecule has 0 bridgehead atoms. The summed E-state index contributed by atoms with van der Waals surface area (Å²) in [6.45, 7) is 4.31. The minimum atomic E-state index is -4.36. The first-order valence-electron chi connectivity index (χ1n) is 6.98. The molecule has 116 valence electrons. The standard InChI is InChI=1S/C14H18F3N3O/c1-2-3-13(21)20-8-6-19(7-9-20)12-5-4-11(10-18-12)14(15,16)17/h4-5,10H,2-3,6-9H2,1H3. The molecule has 0 spiro atoms. The van der Waals surface area contributed by atoms with Gasteiger partial charge >= 0.3 is 6.18 Å². The van der Waals surface area contributed by atoms with Crippen molar-refractivity contribution in [2.24, 2.45) is 0 Å². The molecule has 2 heterocycles. The molecule has 0 aliphatic carbocycles. The zero-order valence-electron chi connectivity index (χ0n) is 11.9. The number of aromatic nitrogens is 1. The fourth-order valence-electron chi connectivity index (χ4n) is 2.30. The van der Waals surface area contributed by atoms with Gasteiger partial charge in [-0.25, -0.2) is 4.98 Å². The van der Waals surface area contributed by atoms with Gasteiger partial charge in [0.25, 0.3) is 0 Å². The van der Waals surface area contributed by atoms with Crippen molar-refractivity contribution in [3.63, 3.8) is 0 Å². The van der Waals surface area contributed by atoms with Crippen molar-refractivity contribution < 1.29 is 18.0 Å². The monoisotopic (exact) mass is 301 g/mol. The Hall–Kier alpha value is -1.79. The molecule has 1 aliphatic rings. The summed E-state index contributed by atoms with van der Waals surface area (Å²) in [7, 11) is 0. The van der Waals surface area contributed by atoms with Gasteiger partial charge in [0.1, 0.15) is 5.82 Å². The van der Waals surface area contributed by atoms with E-state index < -0.39 is 11.7 Å². The van der Waals surface area contributed by atoms with Crippen molar-refractivity contribution >= 4 is 11.7 Å². The summed E-state index contributed by atoms with van der Waals surface area (Å²) in [5, 5.41) is 0. The van der Waals surface area contributed by atoms with Gasteiger partial charge in [0.15, 0.2) is 0 Å². The van der Waals surface area contributed by atoms with Crippen molar-refractivity contribution in [1.29, 1.82) is 0 Å². The minimum absolute atomic E-state index is 0.137. The molecule has 0 saturated carbocycles. The van der Waals surface area contributed by atoms with Crippen molar-refractivity contribution in [1.82, 2.24) is 9.88 Å². The highest BCUT2D eigenvalue weighted by Gasteiger charge is 2.31. The van der Waals surface area contributed by atoms with Crippen LogP contribution in [0, 0.1) is 0 Å². The van der Waals surface area contributed by atoms with E-state index >= 15 is 0 Å². The Kier molecular flexibility index (Phi) is 4.69. The van der Waals surface area contributed by atoms with Crippen LogP contribution < -0.4 is 4.90 Å². The normalized spacial score (nSPS) is 16.2. The topological polar surface area (TPSA) is 36.4 Å². The van der Waals surface area contributed by atoms with Gasteiger partial charge in [0.05, 0.1) is 5.56 Å². The Bertz CT molecular complexity index is 479. The maximum atomic E-state index is 12.5. The Balaban J connectivity index is 1.95. The molecule has 0 atom stereocenters. The zero-order chi connectivity index (χ0) is 15.5. The lowest BCUT2D eigenvalue weighted by Gasteiger charge is -2.35. The molecule has 1 aliphatic heterocycles. The van der Waals surface area contributed by atoms with Crippen LogP contribution in [0.15, 0.2) is 18.3 Å². The highest BCUT2D eigenvalue weighted by molar-refractivity contribution is 5.76. The predicted octanol–water partition coefficient (Wildman–Crippen LogP) is 2.55. The van der Waals surface area contributed by atoms with Crippen molar-refractivity contribution in [3.8, 4) is 0 Å². The van der Waals surface area contributed by atoms with E-state index in [2.05, 4.69) is 4.98 Å². The Morgan fingerprint density at radius 2 is 1.90 bits per heavy atom. The number of nitrogens with zero attached hydrogens (tertiary/aromatic N) is 3. The van der Waals surface area contributed by atoms with E-state index in [9.17, 15) is 18.0 Å². The van der Waals surface area contributed by atoms with E-state index in [-0.39, 0.29) is 5.91 Å². The Labute approximate surface area is 121 Å². The summed E-state index contributed by atoms with van der Waals surface area (Å²) in [4.78, 5) is 19.3. The van der Waals surface area contributed by atoms with Crippen LogP contribution in [-0.4, -0.2) is 42.0 Å². The first kappa shape index (κ1) is 15.6. The third kappa shape index (κ3) is 3.86. The number of hydrogen-bond donors (Lipinski definition) is 0. The van der Waals surface area contributed by atoms with E-state index in [1.54, 1.807) is 4.90 Å². The van der Waals surface area contributed by atoms with Crippen LogP contribution >= 0.6 is 0 Å². The van der Waals surface area contributed by atoms with Gasteiger partial charge in [0.2, 0.25) is 5.91 Å². The molecule has 1 aromatic heterocycles. The molecule has 0 N–H and O–H groups in total. The number of amides is 1. The summed E-state index contributed by atoms with van der Waals surface area (Å²) in [5.74, 6) is 0.656. The van der Waals surface area contributed by atoms with Gasteiger partial charge in [0, 0.05) is 38.8 Å². The summed E-state index contributed by atoms with van der Waals surface area (Å²) in [5.41, 5.74) is -0.747. The number of rotatable bonds is 3. The lowest BCUT2D eigenvalue weighted by molar-refractivity contribution is -0.137. The van der Waals surface area contributed by atoms with Crippen LogP contribution in [0.5, 0.6) is 0 Å². The van der Waals surface area contributed by atoms with E-state index in [4.69, 9.17) is 0 Å². The van der Waals surface area contributed by atoms with Gasteiger partial charge in [-0.3, -0.25) is 4.79 Å². The molecule has 0 aromatic carbocycles. The molecular formula is C14H18F3N3O. The van der Waals surface area contributed by atoms with Gasteiger partial charge < -0.3 is 9.80 Å². The van der Waals surface area contributed by atoms with E-state index in [0.717, 1.165) is 18.7 Å². The van der Waals surface area contributed by atoms with Crippen LogP contribution in [-0.2, 0) is 11.0 Å². The number of hydrogen-bond acceptors (Lipinski definition) is 3. The second-order valence-corrected chi connectivity index (χ2v) is 5.02. The van der Waals surface area contributed by atoms with Crippen molar-refractivity contribution in [3.05, 3.63) is 23.9 Å². The third-order valence-electron chi connectivity index (χ3n) is 3.50. The summed E-state index contributed by atoms with van der Waals surface area (Å²) in [6.07, 6.45) is -2.15. The molecule has 21 heavy (non-hydrogen) atoms. The van der Waals surface area contributed by atoms with Crippen molar-refractivity contribution in [2.45, 2.75) is 25.9 Å². The number of carbonyl (C=O) groups is 1. The molecule has 4 nitrogen and oxygen atoms in total. The molecule has 2 rings (SSSR count). The highest BCUT2D eigenvalue weighted by Crippen LogP contribution is 2.29. The van der Waals surface area contributed by atoms with Crippen LogP contribution in [0.1, 0.15) is 25.3 Å². The first-order chi connectivity index (χ1) is 9.91.